The van der Waals surface area contributed by atoms with E-state index in [4.69, 9.17) is 5.26 Å². The molecule has 0 N–H and O–H groups in total. The molecule has 72 valence electrons. The van der Waals surface area contributed by atoms with E-state index < -0.39 is 11.6 Å². The second-order valence-corrected chi connectivity index (χ2v) is 4.60. The minimum absolute atomic E-state index is 0.193. The summed E-state index contributed by atoms with van der Waals surface area (Å²) in [5.74, 6) is -0.193. The van der Waals surface area contributed by atoms with Crippen molar-refractivity contribution in [2.24, 2.45) is 5.92 Å². The molecule has 1 fully saturated rings. The molecule has 0 radical (unpaired) electrons. The van der Waals surface area contributed by atoms with Crippen LogP contribution in [0.4, 0.5) is 4.39 Å². The van der Waals surface area contributed by atoms with Gasteiger partial charge in [-0.3, -0.25) is 0 Å². The first-order chi connectivity index (χ1) is 6.63. The number of halogens is 2. The fraction of sp³-hybridized carbons (Fsp3) is 0.364. The Labute approximate surface area is 90.7 Å². The summed E-state index contributed by atoms with van der Waals surface area (Å²) in [5.41, 5.74) is -0.126. The van der Waals surface area contributed by atoms with E-state index in [-0.39, 0.29) is 5.92 Å². The van der Waals surface area contributed by atoms with Crippen LogP contribution >= 0.6 is 15.9 Å². The molecule has 1 nitrogen and oxygen atoms in total. The zero-order chi connectivity index (χ0) is 10.3. The fourth-order valence-electron chi connectivity index (χ4n) is 1.90. The van der Waals surface area contributed by atoms with Crippen molar-refractivity contribution in [1.82, 2.24) is 0 Å². The molecule has 0 amide bonds. The Morgan fingerprint density at radius 3 is 2.64 bits per heavy atom. The molecule has 2 rings (SSSR count). The molecule has 2 unspecified atom stereocenters. The lowest BCUT2D eigenvalue weighted by atomic mass is 9.95. The molecule has 1 aromatic rings. The van der Waals surface area contributed by atoms with Crippen LogP contribution < -0.4 is 0 Å². The lowest BCUT2D eigenvalue weighted by Crippen LogP contribution is -2.08. The largest absolute Gasteiger partial charge is 0.245 e. The minimum atomic E-state index is -1.03. The number of nitriles is 1. The third-order valence-corrected chi connectivity index (χ3v) is 3.46. The van der Waals surface area contributed by atoms with Gasteiger partial charge < -0.3 is 0 Å². The van der Waals surface area contributed by atoms with E-state index in [1.807, 2.05) is 24.3 Å². The van der Waals surface area contributed by atoms with Crippen LogP contribution in [-0.4, -0.2) is 6.17 Å². The van der Waals surface area contributed by atoms with Crippen LogP contribution in [0, 0.1) is 17.2 Å². The van der Waals surface area contributed by atoms with Crippen molar-refractivity contribution >= 4 is 15.9 Å². The highest BCUT2D eigenvalue weighted by atomic mass is 79.9. The van der Waals surface area contributed by atoms with E-state index >= 15 is 0 Å². The van der Waals surface area contributed by atoms with Gasteiger partial charge in [-0.05, 0) is 17.7 Å². The van der Waals surface area contributed by atoms with Gasteiger partial charge in [-0.15, -0.1) is 0 Å². The van der Waals surface area contributed by atoms with E-state index in [1.54, 1.807) is 6.92 Å². The molecule has 1 saturated carbocycles. The number of benzene rings is 1. The molecule has 0 heterocycles. The van der Waals surface area contributed by atoms with Gasteiger partial charge in [-0.2, -0.15) is 5.26 Å². The van der Waals surface area contributed by atoms with E-state index in [0.717, 1.165) is 10.0 Å². The molecule has 1 aliphatic rings. The molecule has 0 bridgehead atoms. The Kier molecular flexibility index (Phi) is 2.11. The Morgan fingerprint density at radius 1 is 1.57 bits per heavy atom. The van der Waals surface area contributed by atoms with Crippen molar-refractivity contribution < 1.29 is 4.39 Å². The van der Waals surface area contributed by atoms with E-state index in [9.17, 15) is 4.39 Å². The minimum Gasteiger partial charge on any atom is -0.245 e. The fourth-order valence-corrected chi connectivity index (χ4v) is 2.30. The average Bonchev–Trinajstić information content (AvgIpc) is 2.71. The van der Waals surface area contributed by atoms with Crippen molar-refractivity contribution in [1.29, 1.82) is 5.26 Å². The van der Waals surface area contributed by atoms with E-state index in [2.05, 4.69) is 22.0 Å². The standard InChI is InChI=1S/C11H9BrFN/c1-7-10(13)11(7,6-14)8-3-2-4-9(12)5-8/h2-5,7,10H,1H3/t7-,10?,11?/m1/s1. The third kappa shape index (κ3) is 1.10. The van der Waals surface area contributed by atoms with Crippen LogP contribution in [-0.2, 0) is 5.41 Å². The molecule has 0 spiro atoms. The normalized spacial score (nSPS) is 35.0. The summed E-state index contributed by atoms with van der Waals surface area (Å²) < 4.78 is 14.3. The van der Waals surface area contributed by atoms with Crippen LogP contribution in [0.2, 0.25) is 0 Å². The lowest BCUT2D eigenvalue weighted by Gasteiger charge is -2.06. The molecule has 1 aromatic carbocycles. The molecule has 3 heteroatoms. The van der Waals surface area contributed by atoms with E-state index in [1.165, 1.54) is 0 Å². The van der Waals surface area contributed by atoms with Gasteiger partial charge in [-0.1, -0.05) is 35.0 Å². The summed E-state index contributed by atoms with van der Waals surface area (Å²) in [5, 5.41) is 9.04. The zero-order valence-corrected chi connectivity index (χ0v) is 9.25. The van der Waals surface area contributed by atoms with Gasteiger partial charge in [0.1, 0.15) is 11.6 Å². The smallest absolute Gasteiger partial charge is 0.128 e. The number of nitrogens with zero attached hydrogens (tertiary/aromatic N) is 1. The molecule has 14 heavy (non-hydrogen) atoms. The van der Waals surface area contributed by atoms with Gasteiger partial charge in [0.15, 0.2) is 0 Å². The van der Waals surface area contributed by atoms with Crippen LogP contribution in [0.25, 0.3) is 0 Å². The van der Waals surface area contributed by atoms with Crippen molar-refractivity contribution in [2.75, 3.05) is 0 Å². The zero-order valence-electron chi connectivity index (χ0n) is 7.67. The first-order valence-electron chi connectivity index (χ1n) is 4.44. The van der Waals surface area contributed by atoms with Crippen LogP contribution in [0.1, 0.15) is 12.5 Å². The molecular weight excluding hydrogens is 245 g/mol. The summed E-state index contributed by atoms with van der Waals surface area (Å²) in [6.07, 6.45) is -1.03. The van der Waals surface area contributed by atoms with Gasteiger partial charge >= 0.3 is 0 Å². The molecule has 0 saturated heterocycles. The van der Waals surface area contributed by atoms with Gasteiger partial charge in [0.2, 0.25) is 0 Å². The van der Waals surface area contributed by atoms with Gasteiger partial charge in [0, 0.05) is 10.4 Å². The monoisotopic (exact) mass is 253 g/mol. The summed E-state index contributed by atoms with van der Waals surface area (Å²) in [6.45, 7) is 1.77. The Morgan fingerprint density at radius 2 is 2.21 bits per heavy atom. The number of hydrogen-bond acceptors (Lipinski definition) is 1. The van der Waals surface area contributed by atoms with Gasteiger partial charge in [0.05, 0.1) is 6.07 Å². The van der Waals surface area contributed by atoms with Crippen molar-refractivity contribution in [3.63, 3.8) is 0 Å². The molecule has 3 atom stereocenters. The first-order valence-corrected chi connectivity index (χ1v) is 5.23. The number of alkyl halides is 1. The van der Waals surface area contributed by atoms with Crippen molar-refractivity contribution in [3.8, 4) is 6.07 Å². The topological polar surface area (TPSA) is 23.8 Å². The second-order valence-electron chi connectivity index (χ2n) is 3.68. The molecular formula is C11H9BrFN. The lowest BCUT2D eigenvalue weighted by molar-refractivity contribution is 0.436. The maximum atomic E-state index is 13.4. The Balaban J connectivity index is 2.46. The quantitative estimate of drug-likeness (QED) is 0.754. The molecule has 0 aliphatic heterocycles. The highest BCUT2D eigenvalue weighted by Gasteiger charge is 2.65. The molecule has 1 aliphatic carbocycles. The van der Waals surface area contributed by atoms with Crippen LogP contribution in [0.3, 0.4) is 0 Å². The number of hydrogen-bond donors (Lipinski definition) is 0. The molecule has 0 aromatic heterocycles. The summed E-state index contributed by atoms with van der Waals surface area (Å²) >= 11 is 3.32. The highest BCUT2D eigenvalue weighted by Crippen LogP contribution is 2.56. The number of rotatable bonds is 1. The van der Waals surface area contributed by atoms with Gasteiger partial charge in [0.25, 0.3) is 0 Å². The highest BCUT2D eigenvalue weighted by molar-refractivity contribution is 9.10. The summed E-state index contributed by atoms with van der Waals surface area (Å²) in [6, 6.07) is 9.43. The van der Waals surface area contributed by atoms with Crippen molar-refractivity contribution in [2.45, 2.75) is 18.5 Å². The van der Waals surface area contributed by atoms with Crippen LogP contribution in [0.15, 0.2) is 28.7 Å². The summed E-state index contributed by atoms with van der Waals surface area (Å²) in [4.78, 5) is 0. The second kappa shape index (κ2) is 3.06. The predicted octanol–water partition coefficient (Wildman–Crippen LogP) is 3.20. The average molecular weight is 254 g/mol. The Hall–Kier alpha value is -0.880. The first kappa shape index (κ1) is 9.67. The van der Waals surface area contributed by atoms with Gasteiger partial charge in [-0.25, -0.2) is 4.39 Å². The van der Waals surface area contributed by atoms with Crippen LogP contribution in [0.5, 0.6) is 0 Å². The van der Waals surface area contributed by atoms with Crippen molar-refractivity contribution in [3.05, 3.63) is 34.3 Å². The maximum absolute atomic E-state index is 13.4. The maximum Gasteiger partial charge on any atom is 0.128 e. The third-order valence-electron chi connectivity index (χ3n) is 2.97. The Bertz CT molecular complexity index is 402. The predicted molar refractivity (Wildman–Crippen MR) is 55.5 cm³/mol. The SMILES string of the molecule is C[C@@H]1C(F)C1(C#N)c1cccc(Br)c1. The summed E-state index contributed by atoms with van der Waals surface area (Å²) in [7, 11) is 0. The van der Waals surface area contributed by atoms with E-state index in [0.29, 0.717) is 0 Å².